The minimum Gasteiger partial charge on any atom is -0.256 e. The van der Waals surface area contributed by atoms with Gasteiger partial charge in [0.05, 0.1) is 5.69 Å². The number of nitrogens with zero attached hydrogens (tertiary/aromatic N) is 2. The Bertz CT molecular complexity index is 383. The van der Waals surface area contributed by atoms with Crippen LogP contribution in [0.1, 0.15) is 0 Å². The lowest BCUT2D eigenvalue weighted by Gasteiger charge is -1.98. The lowest BCUT2D eigenvalue weighted by Crippen LogP contribution is -1.82. The summed E-state index contributed by atoms with van der Waals surface area (Å²) in [7, 11) is 0. The first kappa shape index (κ1) is 8.38. The van der Waals surface area contributed by atoms with E-state index >= 15 is 0 Å². The summed E-state index contributed by atoms with van der Waals surface area (Å²) in [4.78, 5) is 8.36. The van der Waals surface area contributed by atoms with E-state index in [0.717, 1.165) is 15.9 Å². The molecular weight excluding hydrogens is 228 g/mol. The third kappa shape index (κ3) is 1.92. The summed E-state index contributed by atoms with van der Waals surface area (Å²) in [6, 6.07) is 9.72. The van der Waals surface area contributed by atoms with E-state index in [9.17, 15) is 0 Å². The van der Waals surface area contributed by atoms with E-state index in [4.69, 9.17) is 0 Å². The molecule has 0 aliphatic carbocycles. The summed E-state index contributed by atoms with van der Waals surface area (Å²) in [5.41, 5.74) is 1.98. The second-order valence-corrected chi connectivity index (χ2v) is 3.40. The average Bonchev–Trinajstić information content (AvgIpc) is 2.20. The van der Waals surface area contributed by atoms with Gasteiger partial charge in [-0.3, -0.25) is 4.98 Å². The normalized spacial score (nSPS) is 9.92. The van der Waals surface area contributed by atoms with Crippen molar-refractivity contribution in [1.29, 1.82) is 0 Å². The SMILES string of the molecule is Brc1ccc(-c2ccccn2)cn1. The minimum atomic E-state index is 0.840. The molecule has 3 heteroatoms. The van der Waals surface area contributed by atoms with E-state index in [2.05, 4.69) is 25.9 Å². The fourth-order valence-corrected chi connectivity index (χ4v) is 1.30. The number of aromatic nitrogens is 2. The van der Waals surface area contributed by atoms with Gasteiger partial charge in [-0.25, -0.2) is 4.98 Å². The molecule has 2 aromatic rings. The summed E-state index contributed by atoms with van der Waals surface area (Å²) in [6.45, 7) is 0. The Morgan fingerprint density at radius 1 is 1.00 bits per heavy atom. The van der Waals surface area contributed by atoms with E-state index in [-0.39, 0.29) is 0 Å². The van der Waals surface area contributed by atoms with E-state index in [1.165, 1.54) is 0 Å². The van der Waals surface area contributed by atoms with E-state index < -0.39 is 0 Å². The highest BCUT2D eigenvalue weighted by Crippen LogP contribution is 2.16. The van der Waals surface area contributed by atoms with Crippen LogP contribution in [0.3, 0.4) is 0 Å². The third-order valence-electron chi connectivity index (χ3n) is 1.69. The molecule has 2 aromatic heterocycles. The molecule has 2 rings (SSSR count). The molecule has 0 atom stereocenters. The second kappa shape index (κ2) is 3.66. The van der Waals surface area contributed by atoms with E-state index in [1.807, 2.05) is 30.3 Å². The second-order valence-electron chi connectivity index (χ2n) is 2.58. The van der Waals surface area contributed by atoms with Gasteiger partial charge in [-0.15, -0.1) is 0 Å². The van der Waals surface area contributed by atoms with Crippen molar-refractivity contribution in [3.8, 4) is 11.3 Å². The molecule has 0 saturated heterocycles. The predicted octanol–water partition coefficient (Wildman–Crippen LogP) is 2.91. The smallest absolute Gasteiger partial charge is 0.106 e. The Hall–Kier alpha value is -1.22. The number of pyridine rings is 2. The molecule has 0 saturated carbocycles. The van der Waals surface area contributed by atoms with Crippen LogP contribution in [0.25, 0.3) is 11.3 Å². The number of hydrogen-bond acceptors (Lipinski definition) is 2. The Labute approximate surface area is 84.8 Å². The van der Waals surface area contributed by atoms with Crippen molar-refractivity contribution in [3.05, 3.63) is 47.3 Å². The topological polar surface area (TPSA) is 25.8 Å². The van der Waals surface area contributed by atoms with Crippen molar-refractivity contribution in [3.63, 3.8) is 0 Å². The zero-order valence-corrected chi connectivity index (χ0v) is 8.40. The first-order chi connectivity index (χ1) is 6.36. The maximum Gasteiger partial charge on any atom is 0.106 e. The molecule has 0 fully saturated rings. The maximum atomic E-state index is 4.22. The van der Waals surface area contributed by atoms with E-state index in [0.29, 0.717) is 0 Å². The molecule has 0 spiro atoms. The molecule has 2 nitrogen and oxygen atoms in total. The van der Waals surface area contributed by atoms with Crippen LogP contribution in [0.2, 0.25) is 0 Å². The Morgan fingerprint density at radius 2 is 1.92 bits per heavy atom. The van der Waals surface area contributed by atoms with Crippen LogP contribution in [-0.2, 0) is 0 Å². The molecular formula is C10H7BrN2. The van der Waals surface area contributed by atoms with Gasteiger partial charge in [0.1, 0.15) is 4.60 Å². The number of rotatable bonds is 1. The zero-order valence-electron chi connectivity index (χ0n) is 6.81. The molecule has 2 heterocycles. The molecule has 0 aliphatic heterocycles. The monoisotopic (exact) mass is 234 g/mol. The quantitative estimate of drug-likeness (QED) is 0.710. The summed E-state index contributed by atoms with van der Waals surface area (Å²) in [6.07, 6.45) is 3.57. The van der Waals surface area contributed by atoms with Crippen LogP contribution >= 0.6 is 15.9 Å². The highest BCUT2D eigenvalue weighted by atomic mass is 79.9. The number of hydrogen-bond donors (Lipinski definition) is 0. The molecule has 0 amide bonds. The van der Waals surface area contributed by atoms with Crippen molar-refractivity contribution in [2.45, 2.75) is 0 Å². The maximum absolute atomic E-state index is 4.22. The lowest BCUT2D eigenvalue weighted by atomic mass is 10.2. The first-order valence-electron chi connectivity index (χ1n) is 3.89. The first-order valence-corrected chi connectivity index (χ1v) is 4.68. The summed E-state index contributed by atoms with van der Waals surface area (Å²) in [5.74, 6) is 0. The zero-order chi connectivity index (χ0) is 9.10. The molecule has 0 aliphatic rings. The van der Waals surface area contributed by atoms with Gasteiger partial charge in [0.2, 0.25) is 0 Å². The molecule has 0 N–H and O–H groups in total. The largest absolute Gasteiger partial charge is 0.256 e. The average molecular weight is 235 g/mol. The highest BCUT2D eigenvalue weighted by molar-refractivity contribution is 9.10. The van der Waals surface area contributed by atoms with Gasteiger partial charge in [0, 0.05) is 18.0 Å². The minimum absolute atomic E-state index is 0.840. The lowest BCUT2D eigenvalue weighted by molar-refractivity contribution is 1.25. The molecule has 0 bridgehead atoms. The van der Waals surface area contributed by atoms with Gasteiger partial charge >= 0.3 is 0 Å². The van der Waals surface area contributed by atoms with Crippen molar-refractivity contribution in [1.82, 2.24) is 9.97 Å². The van der Waals surface area contributed by atoms with Crippen LogP contribution in [0.4, 0.5) is 0 Å². The van der Waals surface area contributed by atoms with Crippen LogP contribution in [0.15, 0.2) is 47.3 Å². The molecule has 0 aromatic carbocycles. The van der Waals surface area contributed by atoms with Gasteiger partial charge in [-0.2, -0.15) is 0 Å². The highest BCUT2D eigenvalue weighted by Gasteiger charge is 1.96. The molecule has 0 unspecified atom stereocenters. The van der Waals surface area contributed by atoms with Gasteiger partial charge in [0.25, 0.3) is 0 Å². The van der Waals surface area contributed by atoms with Crippen molar-refractivity contribution < 1.29 is 0 Å². The third-order valence-corrected chi connectivity index (χ3v) is 2.16. The molecule has 0 radical (unpaired) electrons. The van der Waals surface area contributed by atoms with Gasteiger partial charge in [-0.1, -0.05) is 6.07 Å². The standard InChI is InChI=1S/C10H7BrN2/c11-10-5-4-8(7-13-10)9-3-1-2-6-12-9/h1-7H. The van der Waals surface area contributed by atoms with Crippen molar-refractivity contribution >= 4 is 15.9 Å². The van der Waals surface area contributed by atoms with Crippen LogP contribution in [-0.4, -0.2) is 9.97 Å². The van der Waals surface area contributed by atoms with Gasteiger partial charge in [-0.05, 0) is 40.2 Å². The Morgan fingerprint density at radius 3 is 2.54 bits per heavy atom. The Kier molecular flexibility index (Phi) is 2.36. The summed E-state index contributed by atoms with van der Waals surface area (Å²) < 4.78 is 0.840. The summed E-state index contributed by atoms with van der Waals surface area (Å²) >= 11 is 3.29. The fourth-order valence-electron chi connectivity index (χ4n) is 1.06. The van der Waals surface area contributed by atoms with Crippen LogP contribution in [0, 0.1) is 0 Å². The molecule has 64 valence electrons. The summed E-state index contributed by atoms with van der Waals surface area (Å²) in [5, 5.41) is 0. The fraction of sp³-hybridized carbons (Fsp3) is 0. The van der Waals surface area contributed by atoms with E-state index in [1.54, 1.807) is 12.4 Å². The number of halogens is 1. The van der Waals surface area contributed by atoms with Crippen LogP contribution in [0.5, 0.6) is 0 Å². The van der Waals surface area contributed by atoms with Gasteiger partial charge in [0.15, 0.2) is 0 Å². The van der Waals surface area contributed by atoms with Crippen LogP contribution < -0.4 is 0 Å². The van der Waals surface area contributed by atoms with Gasteiger partial charge < -0.3 is 0 Å². The van der Waals surface area contributed by atoms with Crippen molar-refractivity contribution in [2.75, 3.05) is 0 Å². The molecule has 13 heavy (non-hydrogen) atoms. The van der Waals surface area contributed by atoms with Crippen molar-refractivity contribution in [2.24, 2.45) is 0 Å². The predicted molar refractivity (Wildman–Crippen MR) is 55.2 cm³/mol. The Balaban J connectivity index is 2.42.